The van der Waals surface area contributed by atoms with Gasteiger partial charge in [0.15, 0.2) is 0 Å². The van der Waals surface area contributed by atoms with Crippen LogP contribution in [0, 0.1) is 0 Å². The molecule has 0 amide bonds. The number of nitrogens with zero attached hydrogens (tertiary/aromatic N) is 3. The molecule has 0 radical (unpaired) electrons. The normalized spacial score (nSPS) is 24.6. The molecule has 0 bridgehead atoms. The zero-order valence-corrected chi connectivity index (χ0v) is 8.98. The molecule has 1 aliphatic rings. The highest BCUT2D eigenvalue weighted by Gasteiger charge is 2.55. The molecule has 0 aromatic heterocycles. The van der Waals surface area contributed by atoms with Gasteiger partial charge in [0.1, 0.15) is 5.76 Å². The summed E-state index contributed by atoms with van der Waals surface area (Å²) in [6.45, 7) is 5.80. The van der Waals surface area contributed by atoms with E-state index in [1.54, 1.807) is 20.8 Å². The van der Waals surface area contributed by atoms with Crippen LogP contribution < -0.4 is 0 Å². The Kier molecular flexibility index (Phi) is 3.34. The number of carbonyl (C=O) groups is 1. The van der Waals surface area contributed by atoms with E-state index in [2.05, 4.69) is 10.0 Å². The summed E-state index contributed by atoms with van der Waals surface area (Å²) in [6.07, 6.45) is 0. The van der Waals surface area contributed by atoms with Gasteiger partial charge in [-0.15, -0.1) is 0 Å². The van der Waals surface area contributed by atoms with E-state index >= 15 is 0 Å². The van der Waals surface area contributed by atoms with Crippen LogP contribution in [0.3, 0.4) is 0 Å². The number of carbonyl (C=O) groups excluding carboxylic acids is 1. The second-order valence-electron chi connectivity index (χ2n) is 2.98. The largest absolute Gasteiger partial charge is 0.494 e. The molecule has 6 heteroatoms. The molecule has 0 fully saturated rings. The average Bonchev–Trinajstić information content (AvgIpc) is 2.24. The summed E-state index contributed by atoms with van der Waals surface area (Å²) in [5.41, 5.74) is 7.34. The first kappa shape index (κ1) is 11.6. The first-order valence-corrected chi connectivity index (χ1v) is 4.73. The standard InChI is InChI=1S/C9H13N3O3/c1-4-14-8-6(3)7(13)9(8,11-12-10)15-5-2/h4-5H2,1-3H3. The summed E-state index contributed by atoms with van der Waals surface area (Å²) in [5, 5.41) is 3.41. The maximum absolute atomic E-state index is 11.6. The third kappa shape index (κ3) is 1.58. The molecule has 0 aromatic carbocycles. The predicted octanol–water partition coefficient (Wildman–Crippen LogP) is 1.92. The van der Waals surface area contributed by atoms with Crippen LogP contribution >= 0.6 is 0 Å². The molecule has 1 atom stereocenters. The third-order valence-corrected chi connectivity index (χ3v) is 2.12. The number of hydrogen-bond acceptors (Lipinski definition) is 4. The zero-order valence-electron chi connectivity index (χ0n) is 8.98. The van der Waals surface area contributed by atoms with Crippen LogP contribution in [0.2, 0.25) is 0 Å². The van der Waals surface area contributed by atoms with Crippen LogP contribution in [-0.2, 0) is 14.3 Å². The van der Waals surface area contributed by atoms with Gasteiger partial charge in [0.25, 0.3) is 5.72 Å². The topological polar surface area (TPSA) is 84.3 Å². The fraction of sp³-hybridized carbons (Fsp3) is 0.667. The molecule has 0 spiro atoms. The fourth-order valence-electron chi connectivity index (χ4n) is 1.53. The van der Waals surface area contributed by atoms with Crippen molar-refractivity contribution in [2.75, 3.05) is 13.2 Å². The molecule has 6 nitrogen and oxygen atoms in total. The van der Waals surface area contributed by atoms with Crippen molar-refractivity contribution >= 4 is 5.78 Å². The first-order valence-electron chi connectivity index (χ1n) is 4.73. The van der Waals surface area contributed by atoms with Crippen molar-refractivity contribution < 1.29 is 14.3 Å². The van der Waals surface area contributed by atoms with E-state index in [1.165, 1.54) is 0 Å². The molecule has 0 aromatic rings. The van der Waals surface area contributed by atoms with E-state index in [-0.39, 0.29) is 12.4 Å². The summed E-state index contributed by atoms with van der Waals surface area (Å²) >= 11 is 0. The molecule has 1 aliphatic carbocycles. The maximum Gasteiger partial charge on any atom is 0.267 e. The van der Waals surface area contributed by atoms with Gasteiger partial charge in [-0.25, -0.2) is 0 Å². The van der Waals surface area contributed by atoms with Gasteiger partial charge in [-0.1, -0.05) is 0 Å². The lowest BCUT2D eigenvalue weighted by atomic mass is 9.86. The maximum atomic E-state index is 11.6. The van der Waals surface area contributed by atoms with E-state index in [4.69, 9.17) is 15.0 Å². The second-order valence-corrected chi connectivity index (χ2v) is 2.98. The van der Waals surface area contributed by atoms with Crippen molar-refractivity contribution in [3.8, 4) is 0 Å². The molecule has 1 rings (SSSR count). The van der Waals surface area contributed by atoms with Crippen molar-refractivity contribution in [2.24, 2.45) is 5.11 Å². The molecule has 1 unspecified atom stereocenters. The highest BCUT2D eigenvalue weighted by atomic mass is 16.6. The molecule has 15 heavy (non-hydrogen) atoms. The number of Topliss-reactive ketones (excluding diaryl/α,β-unsaturated/α-hetero) is 1. The Morgan fingerprint density at radius 2 is 2.13 bits per heavy atom. The Morgan fingerprint density at radius 3 is 2.60 bits per heavy atom. The average molecular weight is 211 g/mol. The van der Waals surface area contributed by atoms with Crippen LogP contribution in [0.15, 0.2) is 16.4 Å². The Labute approximate surface area is 87.5 Å². The van der Waals surface area contributed by atoms with Gasteiger partial charge in [0, 0.05) is 17.1 Å². The smallest absolute Gasteiger partial charge is 0.267 e. The van der Waals surface area contributed by atoms with Gasteiger partial charge < -0.3 is 9.47 Å². The lowest BCUT2D eigenvalue weighted by Crippen LogP contribution is -2.51. The van der Waals surface area contributed by atoms with Crippen LogP contribution in [0.4, 0.5) is 0 Å². The first-order chi connectivity index (χ1) is 7.14. The summed E-state index contributed by atoms with van der Waals surface area (Å²) in [7, 11) is 0. The van der Waals surface area contributed by atoms with Crippen LogP contribution in [-0.4, -0.2) is 24.7 Å². The van der Waals surface area contributed by atoms with E-state index in [0.717, 1.165) is 0 Å². The van der Waals surface area contributed by atoms with Crippen LogP contribution in [0.1, 0.15) is 20.8 Å². The Bertz CT molecular complexity index is 358. The minimum absolute atomic E-state index is 0.272. The minimum atomic E-state index is -1.55. The Hall–Kier alpha value is -1.52. The minimum Gasteiger partial charge on any atom is -0.494 e. The number of ether oxygens (including phenoxy) is 2. The fourth-order valence-corrected chi connectivity index (χ4v) is 1.53. The summed E-state index contributed by atoms with van der Waals surface area (Å²) in [5.74, 6) is 0.000231. The van der Waals surface area contributed by atoms with E-state index in [9.17, 15) is 4.79 Å². The summed E-state index contributed by atoms with van der Waals surface area (Å²) in [6, 6.07) is 0. The van der Waals surface area contributed by atoms with E-state index in [0.29, 0.717) is 17.9 Å². The zero-order chi connectivity index (χ0) is 11.5. The molecule has 0 N–H and O–H groups in total. The van der Waals surface area contributed by atoms with Gasteiger partial charge in [-0.05, 0) is 31.4 Å². The van der Waals surface area contributed by atoms with E-state index in [1.807, 2.05) is 0 Å². The van der Waals surface area contributed by atoms with Gasteiger partial charge in [-0.3, -0.25) is 4.79 Å². The molecular weight excluding hydrogens is 198 g/mol. The summed E-state index contributed by atoms with van der Waals surface area (Å²) in [4.78, 5) is 14.3. The number of rotatable bonds is 5. The van der Waals surface area contributed by atoms with Crippen molar-refractivity contribution in [3.05, 3.63) is 21.8 Å². The Balaban J connectivity index is 3.10. The lowest BCUT2D eigenvalue weighted by molar-refractivity contribution is -0.147. The lowest BCUT2D eigenvalue weighted by Gasteiger charge is -2.37. The van der Waals surface area contributed by atoms with Gasteiger partial charge in [0.05, 0.1) is 6.61 Å². The van der Waals surface area contributed by atoms with Crippen LogP contribution in [0.25, 0.3) is 10.4 Å². The monoisotopic (exact) mass is 211 g/mol. The van der Waals surface area contributed by atoms with Crippen molar-refractivity contribution in [3.63, 3.8) is 0 Å². The molecule has 0 saturated carbocycles. The van der Waals surface area contributed by atoms with Crippen molar-refractivity contribution in [2.45, 2.75) is 26.5 Å². The third-order valence-electron chi connectivity index (χ3n) is 2.12. The van der Waals surface area contributed by atoms with Gasteiger partial charge >= 0.3 is 0 Å². The molecule has 0 saturated heterocycles. The van der Waals surface area contributed by atoms with Crippen molar-refractivity contribution in [1.29, 1.82) is 0 Å². The number of hydrogen-bond donors (Lipinski definition) is 0. The molecule has 0 aliphatic heterocycles. The van der Waals surface area contributed by atoms with Crippen LogP contribution in [0.5, 0.6) is 0 Å². The predicted molar refractivity (Wildman–Crippen MR) is 52.8 cm³/mol. The quantitative estimate of drug-likeness (QED) is 0.395. The molecule has 82 valence electrons. The van der Waals surface area contributed by atoms with Gasteiger partial charge in [0.2, 0.25) is 5.78 Å². The van der Waals surface area contributed by atoms with Crippen molar-refractivity contribution in [1.82, 2.24) is 0 Å². The number of ketones is 1. The molecular formula is C9H13N3O3. The Morgan fingerprint density at radius 1 is 1.47 bits per heavy atom. The SMILES string of the molecule is CCOC1=C(C)C(=O)C1(N=[N+]=[N-])OCC. The van der Waals surface area contributed by atoms with Gasteiger partial charge in [-0.2, -0.15) is 0 Å². The second kappa shape index (κ2) is 4.33. The highest BCUT2D eigenvalue weighted by molar-refractivity contribution is 6.11. The highest BCUT2D eigenvalue weighted by Crippen LogP contribution is 2.40. The number of azide groups is 1. The van der Waals surface area contributed by atoms with E-state index < -0.39 is 5.72 Å². The summed E-state index contributed by atoms with van der Waals surface area (Å²) < 4.78 is 10.5. The molecule has 0 heterocycles.